The number of hydrogen-bond acceptors (Lipinski definition) is 6. The van der Waals surface area contributed by atoms with Gasteiger partial charge in [-0.25, -0.2) is 4.98 Å². The molecule has 124 valence electrons. The van der Waals surface area contributed by atoms with Crippen molar-refractivity contribution in [1.29, 1.82) is 0 Å². The van der Waals surface area contributed by atoms with Gasteiger partial charge in [-0.1, -0.05) is 12.6 Å². The fourth-order valence-electron chi connectivity index (χ4n) is 2.10. The summed E-state index contributed by atoms with van der Waals surface area (Å²) in [6, 6.07) is 4.07. The van der Waals surface area contributed by atoms with Crippen molar-refractivity contribution in [2.24, 2.45) is 0 Å². The molecule has 0 fully saturated rings. The van der Waals surface area contributed by atoms with Crippen molar-refractivity contribution in [3.05, 3.63) is 47.3 Å². The fourth-order valence-corrected chi connectivity index (χ4v) is 4.92. The molecule has 0 bridgehead atoms. The van der Waals surface area contributed by atoms with Gasteiger partial charge in [0, 0.05) is 23.2 Å². The first kappa shape index (κ1) is 17.2. The molecule has 0 saturated heterocycles. The molecule has 3 aromatic rings. The standard InChI is InChI=1S/C16H15N3OS4/c1-10-9-23-15(17-10)18-14(20)5-6-19-11(2)13(24-16(19)21)8-12-4-3-7-22-12/h3-4,7-9H,2,5-6H2,1H3,(H,17,18,20)/b13-8-. The molecule has 0 saturated carbocycles. The highest BCUT2D eigenvalue weighted by Gasteiger charge is 2.07. The minimum absolute atomic E-state index is 0.0689. The van der Waals surface area contributed by atoms with Crippen molar-refractivity contribution in [3.8, 4) is 0 Å². The van der Waals surface area contributed by atoms with Crippen LogP contribution in [0.15, 0.2) is 22.9 Å². The van der Waals surface area contributed by atoms with Crippen LogP contribution in [-0.4, -0.2) is 15.5 Å². The van der Waals surface area contributed by atoms with Gasteiger partial charge >= 0.3 is 0 Å². The number of rotatable bonds is 5. The highest BCUT2D eigenvalue weighted by molar-refractivity contribution is 7.73. The van der Waals surface area contributed by atoms with E-state index in [1.807, 2.05) is 28.3 Å². The Kier molecular flexibility index (Phi) is 5.40. The van der Waals surface area contributed by atoms with Gasteiger partial charge in [0.15, 0.2) is 9.09 Å². The summed E-state index contributed by atoms with van der Waals surface area (Å²) in [5.41, 5.74) is 0.907. The van der Waals surface area contributed by atoms with Gasteiger partial charge in [0.1, 0.15) is 0 Å². The fraction of sp³-hybridized carbons (Fsp3) is 0.188. The van der Waals surface area contributed by atoms with Crippen molar-refractivity contribution in [1.82, 2.24) is 9.55 Å². The van der Waals surface area contributed by atoms with Crippen LogP contribution >= 0.6 is 46.2 Å². The molecule has 0 unspecified atom stereocenters. The van der Waals surface area contributed by atoms with Gasteiger partial charge in [0.05, 0.1) is 15.6 Å². The van der Waals surface area contributed by atoms with Gasteiger partial charge < -0.3 is 9.88 Å². The van der Waals surface area contributed by atoms with Crippen LogP contribution in [-0.2, 0) is 11.3 Å². The van der Waals surface area contributed by atoms with Crippen LogP contribution < -0.4 is 15.2 Å². The van der Waals surface area contributed by atoms with E-state index >= 15 is 0 Å². The lowest BCUT2D eigenvalue weighted by atomic mass is 10.4. The molecule has 0 aliphatic heterocycles. The molecule has 1 amide bonds. The highest BCUT2D eigenvalue weighted by atomic mass is 32.1. The Hall–Kier alpha value is -1.61. The number of nitrogens with zero attached hydrogens (tertiary/aromatic N) is 2. The Morgan fingerprint density at radius 2 is 2.33 bits per heavy atom. The second kappa shape index (κ2) is 7.52. The zero-order chi connectivity index (χ0) is 17.1. The molecule has 3 aromatic heterocycles. The molecule has 0 aliphatic rings. The van der Waals surface area contributed by atoms with Crippen LogP contribution in [0.3, 0.4) is 0 Å². The average molecular weight is 394 g/mol. The number of aryl methyl sites for hydroxylation is 1. The number of hydrogen-bond donors (Lipinski definition) is 1. The van der Waals surface area contributed by atoms with Crippen molar-refractivity contribution < 1.29 is 4.79 Å². The zero-order valence-electron chi connectivity index (χ0n) is 12.9. The van der Waals surface area contributed by atoms with Gasteiger partial charge in [-0.05, 0) is 36.7 Å². The van der Waals surface area contributed by atoms with Gasteiger partial charge in [0.25, 0.3) is 0 Å². The Morgan fingerprint density at radius 1 is 1.50 bits per heavy atom. The van der Waals surface area contributed by atoms with E-state index in [0.29, 0.717) is 18.1 Å². The summed E-state index contributed by atoms with van der Waals surface area (Å²) >= 11 is 10.0. The molecule has 0 radical (unpaired) electrons. The van der Waals surface area contributed by atoms with Gasteiger partial charge in [-0.15, -0.1) is 34.0 Å². The second-order valence-corrected chi connectivity index (χ2v) is 8.60. The molecule has 4 nitrogen and oxygen atoms in total. The molecular weight excluding hydrogens is 378 g/mol. The van der Waals surface area contributed by atoms with E-state index in [2.05, 4.69) is 29.0 Å². The van der Waals surface area contributed by atoms with E-state index in [9.17, 15) is 4.79 Å². The summed E-state index contributed by atoms with van der Waals surface area (Å²) in [5, 5.41) is 8.25. The van der Waals surface area contributed by atoms with Crippen LogP contribution in [0, 0.1) is 10.9 Å². The monoisotopic (exact) mass is 393 g/mol. The van der Waals surface area contributed by atoms with Crippen molar-refractivity contribution >= 4 is 69.9 Å². The Balaban J connectivity index is 1.72. The highest BCUT2D eigenvalue weighted by Crippen LogP contribution is 2.14. The van der Waals surface area contributed by atoms with Gasteiger partial charge in [-0.2, -0.15) is 0 Å². The number of amides is 1. The number of thiophene rings is 1. The molecule has 3 rings (SSSR count). The summed E-state index contributed by atoms with van der Waals surface area (Å²) in [6.45, 7) is 6.54. The van der Waals surface area contributed by atoms with Crippen LogP contribution in [0.5, 0.6) is 0 Å². The first-order chi connectivity index (χ1) is 11.5. The van der Waals surface area contributed by atoms with E-state index in [-0.39, 0.29) is 5.91 Å². The normalized spacial score (nSPS) is 11.8. The maximum absolute atomic E-state index is 12.1. The maximum atomic E-state index is 12.1. The smallest absolute Gasteiger partial charge is 0.227 e. The van der Waals surface area contributed by atoms with Crippen LogP contribution in [0.2, 0.25) is 0 Å². The molecule has 0 spiro atoms. The molecule has 8 heteroatoms. The molecular formula is C16H15N3OS4. The first-order valence-electron chi connectivity index (χ1n) is 7.19. The van der Waals surface area contributed by atoms with Gasteiger partial charge in [-0.3, -0.25) is 4.79 Å². The Labute approximate surface area is 156 Å². The third-order valence-corrected chi connectivity index (χ3v) is 6.41. The molecule has 24 heavy (non-hydrogen) atoms. The lowest BCUT2D eigenvalue weighted by Gasteiger charge is -2.03. The second-order valence-electron chi connectivity index (χ2n) is 5.08. The molecule has 1 N–H and O–H groups in total. The number of nitrogens with one attached hydrogen (secondary N) is 1. The van der Waals surface area contributed by atoms with E-state index in [0.717, 1.165) is 19.5 Å². The number of thiazole rings is 2. The third kappa shape index (κ3) is 4.07. The summed E-state index contributed by atoms with van der Waals surface area (Å²) in [7, 11) is 0. The zero-order valence-corrected chi connectivity index (χ0v) is 16.2. The first-order valence-corrected chi connectivity index (χ1v) is 10.2. The van der Waals surface area contributed by atoms with Crippen LogP contribution in [0.4, 0.5) is 5.13 Å². The summed E-state index contributed by atoms with van der Waals surface area (Å²) < 4.78 is 3.70. The minimum Gasteiger partial charge on any atom is -0.323 e. The lowest BCUT2D eigenvalue weighted by Crippen LogP contribution is -2.28. The van der Waals surface area contributed by atoms with Crippen molar-refractivity contribution in [2.75, 3.05) is 5.32 Å². The van der Waals surface area contributed by atoms with Crippen molar-refractivity contribution in [3.63, 3.8) is 0 Å². The van der Waals surface area contributed by atoms with Crippen LogP contribution in [0.1, 0.15) is 17.0 Å². The predicted octanol–water partition coefficient (Wildman–Crippen LogP) is 3.37. The number of carbonyl (C=O) groups is 1. The van der Waals surface area contributed by atoms with E-state index < -0.39 is 0 Å². The third-order valence-electron chi connectivity index (χ3n) is 3.27. The summed E-state index contributed by atoms with van der Waals surface area (Å²) in [4.78, 5) is 17.5. The summed E-state index contributed by atoms with van der Waals surface area (Å²) in [6.07, 6.45) is 2.42. The van der Waals surface area contributed by atoms with E-state index in [1.165, 1.54) is 27.6 Å². The number of carbonyl (C=O) groups excluding carboxylic acids is 1. The average Bonchev–Trinajstić information content (AvgIpc) is 3.23. The lowest BCUT2D eigenvalue weighted by molar-refractivity contribution is -0.116. The molecule has 0 atom stereocenters. The minimum atomic E-state index is -0.0689. The molecule has 0 aromatic carbocycles. The Morgan fingerprint density at radius 3 is 3.00 bits per heavy atom. The summed E-state index contributed by atoms with van der Waals surface area (Å²) in [5.74, 6) is -0.0689. The van der Waals surface area contributed by atoms with E-state index in [1.54, 1.807) is 11.3 Å². The predicted molar refractivity (Wildman–Crippen MR) is 106 cm³/mol. The SMILES string of the molecule is C=c1/c(=C/c2cccs2)sc(=S)n1CCC(=O)Nc1nc(C)cs1. The molecule has 0 aliphatic carbocycles. The maximum Gasteiger partial charge on any atom is 0.227 e. The van der Waals surface area contributed by atoms with Crippen LogP contribution in [0.25, 0.3) is 12.7 Å². The van der Waals surface area contributed by atoms with Gasteiger partial charge in [0.2, 0.25) is 5.91 Å². The number of aromatic nitrogens is 2. The molecule has 3 heterocycles. The topological polar surface area (TPSA) is 46.9 Å². The van der Waals surface area contributed by atoms with E-state index in [4.69, 9.17) is 12.2 Å². The quantitative estimate of drug-likeness (QED) is 0.676. The number of anilines is 1. The van der Waals surface area contributed by atoms with Crippen molar-refractivity contribution in [2.45, 2.75) is 19.9 Å². The largest absolute Gasteiger partial charge is 0.323 e. The Bertz CT molecular complexity index is 1010.